The number of nitrogens with zero attached hydrogens (tertiary/aromatic N) is 1. The fourth-order valence-electron chi connectivity index (χ4n) is 3.43. The van der Waals surface area contributed by atoms with E-state index in [1.54, 1.807) is 26.8 Å². The number of esters is 2. The Morgan fingerprint density at radius 3 is 2.48 bits per heavy atom. The van der Waals surface area contributed by atoms with E-state index in [-0.39, 0.29) is 36.4 Å². The largest absolute Gasteiger partial charge is 0.466 e. The first kappa shape index (κ1) is 23.6. The van der Waals surface area contributed by atoms with Crippen LogP contribution in [0.2, 0.25) is 0 Å². The van der Waals surface area contributed by atoms with Crippen molar-refractivity contribution in [3.05, 3.63) is 62.5 Å². The van der Waals surface area contributed by atoms with E-state index in [2.05, 4.69) is 10.6 Å². The van der Waals surface area contributed by atoms with Crippen molar-refractivity contribution in [1.82, 2.24) is 10.6 Å². The van der Waals surface area contributed by atoms with Gasteiger partial charge in [-0.05, 0) is 26.3 Å². The Hall–Kier alpha value is -3.69. The maximum Gasteiger partial charge on any atom is 0.336 e. The predicted octanol–water partition coefficient (Wildman–Crippen LogP) is 2.07. The Balaban J connectivity index is 2.46. The van der Waals surface area contributed by atoms with Gasteiger partial charge in [-0.1, -0.05) is 12.1 Å². The molecular formula is C21H25N3O7. The minimum absolute atomic E-state index is 0.0143. The van der Waals surface area contributed by atoms with E-state index in [0.717, 1.165) is 0 Å². The molecule has 0 aliphatic carbocycles. The number of nitro benzene ring substituents is 1. The summed E-state index contributed by atoms with van der Waals surface area (Å²) in [7, 11) is 1.22. The van der Waals surface area contributed by atoms with Crippen molar-refractivity contribution in [2.24, 2.45) is 0 Å². The van der Waals surface area contributed by atoms with Crippen molar-refractivity contribution in [2.45, 2.75) is 33.1 Å². The van der Waals surface area contributed by atoms with Crippen LogP contribution >= 0.6 is 0 Å². The number of rotatable bonds is 8. The number of benzene rings is 1. The van der Waals surface area contributed by atoms with Gasteiger partial charge < -0.3 is 20.1 Å². The molecule has 0 radical (unpaired) electrons. The van der Waals surface area contributed by atoms with E-state index in [0.29, 0.717) is 17.0 Å². The van der Waals surface area contributed by atoms with Crippen molar-refractivity contribution < 1.29 is 28.8 Å². The normalized spacial score (nSPS) is 15.8. The number of amides is 1. The Morgan fingerprint density at radius 1 is 1.19 bits per heavy atom. The summed E-state index contributed by atoms with van der Waals surface area (Å²) in [5.74, 6) is -2.52. The van der Waals surface area contributed by atoms with Crippen LogP contribution in [0.5, 0.6) is 0 Å². The highest BCUT2D eigenvalue weighted by molar-refractivity contribution is 6.02. The molecule has 31 heavy (non-hydrogen) atoms. The van der Waals surface area contributed by atoms with E-state index in [9.17, 15) is 24.5 Å². The molecule has 1 amide bonds. The van der Waals surface area contributed by atoms with Crippen LogP contribution < -0.4 is 10.6 Å². The highest BCUT2D eigenvalue weighted by Crippen LogP contribution is 2.39. The van der Waals surface area contributed by atoms with E-state index in [1.807, 2.05) is 0 Å². The second kappa shape index (κ2) is 10.4. The zero-order valence-corrected chi connectivity index (χ0v) is 17.8. The van der Waals surface area contributed by atoms with Crippen molar-refractivity contribution in [3.8, 4) is 0 Å². The third kappa shape index (κ3) is 5.47. The van der Waals surface area contributed by atoms with E-state index in [1.165, 1.54) is 25.3 Å². The number of carbonyl (C=O) groups excluding carboxylic acids is 3. The smallest absolute Gasteiger partial charge is 0.336 e. The Labute approximate surface area is 179 Å². The summed E-state index contributed by atoms with van der Waals surface area (Å²) >= 11 is 0. The van der Waals surface area contributed by atoms with Crippen LogP contribution in [0.4, 0.5) is 5.69 Å². The monoisotopic (exact) mass is 431 g/mol. The molecule has 1 heterocycles. The minimum atomic E-state index is -0.892. The highest BCUT2D eigenvalue weighted by atomic mass is 16.6. The molecule has 0 saturated heterocycles. The average Bonchev–Trinajstić information content (AvgIpc) is 2.72. The lowest BCUT2D eigenvalue weighted by atomic mass is 9.80. The molecular weight excluding hydrogens is 406 g/mol. The van der Waals surface area contributed by atoms with Gasteiger partial charge >= 0.3 is 11.9 Å². The van der Waals surface area contributed by atoms with Gasteiger partial charge in [-0.2, -0.15) is 0 Å². The van der Waals surface area contributed by atoms with Gasteiger partial charge in [0, 0.05) is 35.6 Å². The van der Waals surface area contributed by atoms with Crippen LogP contribution in [-0.4, -0.2) is 43.0 Å². The third-order valence-electron chi connectivity index (χ3n) is 4.74. The van der Waals surface area contributed by atoms with E-state index < -0.39 is 28.7 Å². The molecule has 0 fully saturated rings. The summed E-state index contributed by atoms with van der Waals surface area (Å²) in [6.07, 6.45) is -0.0143. The Kier molecular flexibility index (Phi) is 7.89. The number of allylic oxidation sites excluding steroid dienone is 2. The van der Waals surface area contributed by atoms with Gasteiger partial charge in [0.15, 0.2) is 0 Å². The SMILES string of the molecule is CCOC(=O)CCNC(=O)C1=C(C)NC(C)=C(C(=O)OC)C1c1cccc([N+](=O)[O-])c1. The number of hydrogen-bond donors (Lipinski definition) is 2. The summed E-state index contributed by atoms with van der Waals surface area (Å²) < 4.78 is 9.75. The summed E-state index contributed by atoms with van der Waals surface area (Å²) in [4.78, 5) is 47.9. The average molecular weight is 431 g/mol. The van der Waals surface area contributed by atoms with Crippen LogP contribution in [-0.2, 0) is 23.9 Å². The van der Waals surface area contributed by atoms with Crippen molar-refractivity contribution >= 4 is 23.5 Å². The number of carbonyl (C=O) groups is 3. The maximum atomic E-state index is 13.0. The lowest BCUT2D eigenvalue weighted by Crippen LogP contribution is -2.37. The second-order valence-electron chi connectivity index (χ2n) is 6.79. The van der Waals surface area contributed by atoms with Crippen LogP contribution in [0.3, 0.4) is 0 Å². The predicted molar refractivity (Wildman–Crippen MR) is 111 cm³/mol. The molecule has 2 N–H and O–H groups in total. The van der Waals surface area contributed by atoms with Gasteiger partial charge in [0.25, 0.3) is 5.69 Å². The fourth-order valence-corrected chi connectivity index (χ4v) is 3.43. The summed E-state index contributed by atoms with van der Waals surface area (Å²) in [6, 6.07) is 5.75. The molecule has 0 saturated carbocycles. The van der Waals surface area contributed by atoms with Gasteiger partial charge in [0.05, 0.1) is 36.6 Å². The van der Waals surface area contributed by atoms with E-state index in [4.69, 9.17) is 9.47 Å². The number of hydrogen-bond acceptors (Lipinski definition) is 8. The molecule has 1 aromatic rings. The minimum Gasteiger partial charge on any atom is -0.466 e. The van der Waals surface area contributed by atoms with Crippen molar-refractivity contribution in [3.63, 3.8) is 0 Å². The second-order valence-corrected chi connectivity index (χ2v) is 6.79. The highest BCUT2D eigenvalue weighted by Gasteiger charge is 2.37. The lowest BCUT2D eigenvalue weighted by Gasteiger charge is -2.30. The van der Waals surface area contributed by atoms with Crippen LogP contribution in [0, 0.1) is 10.1 Å². The number of non-ortho nitro benzene ring substituents is 1. The molecule has 0 spiro atoms. The number of dihydropyridines is 1. The molecule has 2 rings (SSSR count). The van der Waals surface area contributed by atoms with Crippen LogP contribution in [0.15, 0.2) is 46.8 Å². The maximum absolute atomic E-state index is 13.0. The van der Waals surface area contributed by atoms with Crippen molar-refractivity contribution in [1.29, 1.82) is 0 Å². The Morgan fingerprint density at radius 2 is 1.87 bits per heavy atom. The van der Waals surface area contributed by atoms with Gasteiger partial charge in [-0.15, -0.1) is 0 Å². The molecule has 0 bridgehead atoms. The molecule has 10 heteroatoms. The summed E-state index contributed by atoms with van der Waals surface area (Å²) in [5.41, 5.74) is 1.56. The lowest BCUT2D eigenvalue weighted by molar-refractivity contribution is -0.384. The molecule has 1 unspecified atom stereocenters. The number of nitro groups is 1. The van der Waals surface area contributed by atoms with Gasteiger partial charge in [0.2, 0.25) is 5.91 Å². The molecule has 1 aliphatic heterocycles. The number of nitrogens with one attached hydrogen (secondary N) is 2. The van der Waals surface area contributed by atoms with Crippen LogP contribution in [0.25, 0.3) is 0 Å². The zero-order valence-electron chi connectivity index (χ0n) is 17.8. The van der Waals surface area contributed by atoms with Crippen LogP contribution in [0.1, 0.15) is 38.7 Å². The molecule has 10 nitrogen and oxygen atoms in total. The van der Waals surface area contributed by atoms with Gasteiger partial charge in [0.1, 0.15) is 0 Å². The first-order valence-corrected chi connectivity index (χ1v) is 9.66. The third-order valence-corrected chi connectivity index (χ3v) is 4.74. The zero-order chi connectivity index (χ0) is 23.1. The Bertz CT molecular complexity index is 965. The topological polar surface area (TPSA) is 137 Å². The first-order chi connectivity index (χ1) is 14.7. The molecule has 0 aromatic heterocycles. The summed E-state index contributed by atoms with van der Waals surface area (Å²) in [6.45, 7) is 5.29. The standard InChI is InChI=1S/C21H25N3O7/c1-5-31-16(25)9-10-22-20(26)17-12(2)23-13(3)18(21(27)30-4)19(17)14-7-6-8-15(11-14)24(28)29/h6-8,11,19,23H,5,9-10H2,1-4H3,(H,22,26). The molecule has 1 aromatic carbocycles. The number of methoxy groups -OCH3 is 1. The van der Waals surface area contributed by atoms with Crippen molar-refractivity contribution in [2.75, 3.05) is 20.3 Å². The quantitative estimate of drug-likeness (QED) is 0.363. The molecule has 166 valence electrons. The van der Waals surface area contributed by atoms with E-state index >= 15 is 0 Å². The van der Waals surface area contributed by atoms with Gasteiger partial charge in [-0.25, -0.2) is 4.79 Å². The first-order valence-electron chi connectivity index (χ1n) is 9.66. The fraction of sp³-hybridized carbons (Fsp3) is 0.381. The summed E-state index contributed by atoms with van der Waals surface area (Å²) in [5, 5.41) is 16.9. The van der Waals surface area contributed by atoms with Gasteiger partial charge in [-0.3, -0.25) is 19.7 Å². The molecule has 1 aliphatic rings. The number of ether oxygens (including phenoxy) is 2. The molecule has 1 atom stereocenters.